The SMILES string of the molecule is CNc1nc(SCCOC)c(C#N)c(-c2ccc3c(c2)OCO3)c1C#N. The molecular weight excluding hydrogens is 352 g/mol. The number of ether oxygens (including phenoxy) is 3. The van der Waals surface area contributed by atoms with Crippen LogP contribution in [0.15, 0.2) is 23.2 Å². The Morgan fingerprint density at radius 2 is 2.00 bits per heavy atom. The Bertz CT molecular complexity index is 918. The first-order valence-corrected chi connectivity index (χ1v) is 8.79. The normalized spacial score (nSPS) is 11.7. The van der Waals surface area contributed by atoms with Crippen molar-refractivity contribution in [3.63, 3.8) is 0 Å². The Hall–Kier alpha value is -2.94. The molecule has 0 spiro atoms. The molecule has 0 bridgehead atoms. The lowest BCUT2D eigenvalue weighted by molar-refractivity contribution is 0.174. The van der Waals surface area contributed by atoms with Crippen molar-refractivity contribution in [1.82, 2.24) is 4.98 Å². The van der Waals surface area contributed by atoms with Crippen molar-refractivity contribution in [2.24, 2.45) is 0 Å². The minimum Gasteiger partial charge on any atom is -0.454 e. The van der Waals surface area contributed by atoms with Gasteiger partial charge in [0.2, 0.25) is 6.79 Å². The van der Waals surface area contributed by atoms with Gasteiger partial charge in [-0.05, 0) is 17.7 Å². The molecule has 0 amide bonds. The number of pyridine rings is 1. The molecule has 0 aliphatic carbocycles. The van der Waals surface area contributed by atoms with Crippen LogP contribution >= 0.6 is 11.8 Å². The lowest BCUT2D eigenvalue weighted by atomic mass is 9.96. The Kier molecular flexibility index (Phi) is 5.47. The molecule has 2 heterocycles. The van der Waals surface area contributed by atoms with E-state index in [-0.39, 0.29) is 6.79 Å². The number of hydrogen-bond donors (Lipinski definition) is 1. The molecule has 3 rings (SSSR count). The maximum absolute atomic E-state index is 9.77. The number of nitriles is 2. The fourth-order valence-electron chi connectivity index (χ4n) is 2.62. The van der Waals surface area contributed by atoms with E-state index in [4.69, 9.17) is 14.2 Å². The number of nitrogens with one attached hydrogen (secondary N) is 1. The molecule has 2 aromatic rings. The number of fused-ring (bicyclic) bond motifs is 1. The molecule has 0 saturated heterocycles. The molecule has 7 nitrogen and oxygen atoms in total. The van der Waals surface area contributed by atoms with E-state index in [1.165, 1.54) is 11.8 Å². The first-order chi connectivity index (χ1) is 12.7. The summed E-state index contributed by atoms with van der Waals surface area (Å²) in [5.41, 5.74) is 1.92. The van der Waals surface area contributed by atoms with Gasteiger partial charge in [-0.1, -0.05) is 6.07 Å². The van der Waals surface area contributed by atoms with Crippen LogP contribution in [0.4, 0.5) is 5.82 Å². The van der Waals surface area contributed by atoms with E-state index in [1.807, 2.05) is 6.07 Å². The predicted octanol–water partition coefficient (Wildman–Crippen LogP) is 3.00. The van der Waals surface area contributed by atoms with Crippen LogP contribution in [0.2, 0.25) is 0 Å². The zero-order valence-electron chi connectivity index (χ0n) is 14.3. The van der Waals surface area contributed by atoms with E-state index in [0.29, 0.717) is 57.0 Å². The van der Waals surface area contributed by atoms with Gasteiger partial charge in [0.15, 0.2) is 11.5 Å². The van der Waals surface area contributed by atoms with Gasteiger partial charge >= 0.3 is 0 Å². The van der Waals surface area contributed by atoms with E-state index in [2.05, 4.69) is 22.4 Å². The zero-order valence-corrected chi connectivity index (χ0v) is 15.1. The number of methoxy groups -OCH3 is 1. The van der Waals surface area contributed by atoms with E-state index in [0.717, 1.165) is 0 Å². The Morgan fingerprint density at radius 1 is 1.23 bits per heavy atom. The third-order valence-electron chi connectivity index (χ3n) is 3.81. The van der Waals surface area contributed by atoms with Crippen molar-refractivity contribution in [3.8, 4) is 34.8 Å². The third kappa shape index (κ3) is 3.25. The van der Waals surface area contributed by atoms with Crippen LogP contribution in [0.25, 0.3) is 11.1 Å². The number of benzene rings is 1. The summed E-state index contributed by atoms with van der Waals surface area (Å²) < 4.78 is 15.8. The third-order valence-corrected chi connectivity index (χ3v) is 4.75. The Morgan fingerprint density at radius 3 is 2.69 bits per heavy atom. The second kappa shape index (κ2) is 7.96. The molecule has 0 radical (unpaired) electrons. The van der Waals surface area contributed by atoms with Gasteiger partial charge in [-0.3, -0.25) is 0 Å². The fraction of sp³-hybridized carbons (Fsp3) is 0.278. The molecule has 0 atom stereocenters. The highest BCUT2D eigenvalue weighted by Gasteiger charge is 2.23. The number of rotatable bonds is 6. The van der Waals surface area contributed by atoms with Gasteiger partial charge in [0, 0.05) is 25.5 Å². The standard InChI is InChI=1S/C18H16N4O3S/c1-21-17-12(8-19)16(11-3-4-14-15(7-11)25-10-24-14)13(9-20)18(22-17)26-6-5-23-2/h3-4,7H,5-6,10H2,1-2H3,(H,21,22). The lowest BCUT2D eigenvalue weighted by Crippen LogP contribution is -2.04. The molecule has 1 N–H and O–H groups in total. The summed E-state index contributed by atoms with van der Waals surface area (Å²) in [6.45, 7) is 0.691. The van der Waals surface area contributed by atoms with Crippen molar-refractivity contribution in [2.75, 3.05) is 38.6 Å². The molecule has 8 heteroatoms. The van der Waals surface area contributed by atoms with Crippen molar-refractivity contribution in [1.29, 1.82) is 10.5 Å². The van der Waals surface area contributed by atoms with Crippen LogP contribution in [0.1, 0.15) is 11.1 Å². The maximum Gasteiger partial charge on any atom is 0.231 e. The number of hydrogen-bond acceptors (Lipinski definition) is 8. The molecule has 132 valence electrons. The molecule has 1 aliphatic rings. The largest absolute Gasteiger partial charge is 0.454 e. The summed E-state index contributed by atoms with van der Waals surface area (Å²) in [4.78, 5) is 4.46. The van der Waals surface area contributed by atoms with Crippen LogP contribution in [0, 0.1) is 22.7 Å². The van der Waals surface area contributed by atoms with Crippen LogP contribution in [0.5, 0.6) is 11.5 Å². The van der Waals surface area contributed by atoms with Crippen LogP contribution in [0.3, 0.4) is 0 Å². The molecular formula is C18H16N4O3S. The summed E-state index contributed by atoms with van der Waals surface area (Å²) in [7, 11) is 3.32. The number of aromatic nitrogens is 1. The Labute approximate surface area is 155 Å². The topological polar surface area (TPSA) is 100 Å². The molecule has 26 heavy (non-hydrogen) atoms. The van der Waals surface area contributed by atoms with E-state index in [1.54, 1.807) is 26.3 Å². The van der Waals surface area contributed by atoms with Crippen molar-refractivity contribution < 1.29 is 14.2 Å². The van der Waals surface area contributed by atoms with Gasteiger partial charge in [0.1, 0.15) is 28.5 Å². The summed E-state index contributed by atoms with van der Waals surface area (Å²) in [5, 5.41) is 23.0. The molecule has 1 aromatic heterocycles. The van der Waals surface area contributed by atoms with Crippen LogP contribution in [-0.4, -0.2) is 38.3 Å². The number of thioether (sulfide) groups is 1. The molecule has 0 saturated carbocycles. The highest BCUT2D eigenvalue weighted by molar-refractivity contribution is 7.99. The first-order valence-electron chi connectivity index (χ1n) is 7.81. The average Bonchev–Trinajstić information content (AvgIpc) is 3.14. The summed E-state index contributed by atoms with van der Waals surface area (Å²) in [6, 6.07) is 9.74. The molecule has 0 unspecified atom stereocenters. The van der Waals surface area contributed by atoms with Crippen molar-refractivity contribution >= 4 is 17.6 Å². The number of nitrogens with zero attached hydrogens (tertiary/aromatic N) is 3. The van der Waals surface area contributed by atoms with Crippen molar-refractivity contribution in [2.45, 2.75) is 5.03 Å². The summed E-state index contributed by atoms with van der Waals surface area (Å²) >= 11 is 1.42. The maximum atomic E-state index is 9.77. The second-order valence-corrected chi connectivity index (χ2v) is 6.36. The van der Waals surface area contributed by atoms with Gasteiger partial charge in [0.25, 0.3) is 0 Å². The quantitative estimate of drug-likeness (QED) is 0.613. The van der Waals surface area contributed by atoms with Gasteiger partial charge in [-0.25, -0.2) is 4.98 Å². The highest BCUT2D eigenvalue weighted by Crippen LogP contribution is 2.41. The van der Waals surface area contributed by atoms with E-state index < -0.39 is 0 Å². The van der Waals surface area contributed by atoms with E-state index >= 15 is 0 Å². The van der Waals surface area contributed by atoms with Crippen LogP contribution in [-0.2, 0) is 4.74 Å². The Balaban J connectivity index is 2.19. The van der Waals surface area contributed by atoms with Gasteiger partial charge in [-0.2, -0.15) is 10.5 Å². The predicted molar refractivity (Wildman–Crippen MR) is 97.4 cm³/mol. The number of anilines is 1. The fourth-order valence-corrected chi connectivity index (χ4v) is 3.52. The summed E-state index contributed by atoms with van der Waals surface area (Å²) in [5.74, 6) is 2.31. The highest BCUT2D eigenvalue weighted by atomic mass is 32.2. The van der Waals surface area contributed by atoms with E-state index in [9.17, 15) is 10.5 Å². The minimum absolute atomic E-state index is 0.158. The van der Waals surface area contributed by atoms with Crippen molar-refractivity contribution in [3.05, 3.63) is 29.3 Å². The first kappa shape index (κ1) is 17.9. The summed E-state index contributed by atoms with van der Waals surface area (Å²) in [6.07, 6.45) is 0. The van der Waals surface area contributed by atoms with Gasteiger partial charge < -0.3 is 19.5 Å². The smallest absolute Gasteiger partial charge is 0.231 e. The molecule has 0 fully saturated rings. The average molecular weight is 368 g/mol. The lowest BCUT2D eigenvalue weighted by Gasteiger charge is -2.15. The second-order valence-electron chi connectivity index (χ2n) is 5.27. The monoisotopic (exact) mass is 368 g/mol. The molecule has 1 aromatic carbocycles. The minimum atomic E-state index is 0.158. The van der Waals surface area contributed by atoms with Gasteiger partial charge in [0.05, 0.1) is 12.2 Å². The molecule has 1 aliphatic heterocycles. The van der Waals surface area contributed by atoms with Gasteiger partial charge in [-0.15, -0.1) is 11.8 Å². The zero-order chi connectivity index (χ0) is 18.5. The van der Waals surface area contributed by atoms with Crippen LogP contribution < -0.4 is 14.8 Å².